The number of nitrogens with one attached hydrogen (secondary N) is 1. The number of aryl methyl sites for hydroxylation is 1. The average Bonchev–Trinajstić information content (AvgIpc) is 2.61. The second-order valence-electron chi connectivity index (χ2n) is 5.09. The molecule has 0 aromatic heterocycles. The molecule has 1 aliphatic rings. The third-order valence-corrected chi connectivity index (χ3v) is 4.05. The minimum Gasteiger partial charge on any atom is -0.484 e. The second kappa shape index (κ2) is 9.15. The molecule has 0 radical (unpaired) electrons. The first kappa shape index (κ1) is 18.1. The summed E-state index contributed by atoms with van der Waals surface area (Å²) in [5.74, 6) is 0.577. The SMILES string of the molecule is CSC(=Nc1ccc(OCC(=O)N2CCOCC2)cc1C)NC#N. The fourth-order valence-electron chi connectivity index (χ4n) is 2.17. The zero-order valence-corrected chi connectivity index (χ0v) is 14.6. The van der Waals surface area contributed by atoms with Crippen molar-refractivity contribution in [3.8, 4) is 11.9 Å². The molecule has 0 saturated carbocycles. The number of hydrogen-bond acceptors (Lipinski definition) is 6. The van der Waals surface area contributed by atoms with Crippen molar-refractivity contribution >= 4 is 28.5 Å². The summed E-state index contributed by atoms with van der Waals surface area (Å²) in [4.78, 5) is 18.2. The smallest absolute Gasteiger partial charge is 0.260 e. The number of nitriles is 1. The normalized spacial score (nSPS) is 14.9. The fraction of sp³-hybridized carbons (Fsp3) is 0.438. The van der Waals surface area contributed by atoms with Crippen molar-refractivity contribution in [3.63, 3.8) is 0 Å². The molecule has 1 amide bonds. The van der Waals surface area contributed by atoms with Crippen LogP contribution in [0.3, 0.4) is 0 Å². The topological polar surface area (TPSA) is 86.9 Å². The van der Waals surface area contributed by atoms with Gasteiger partial charge in [0.2, 0.25) is 0 Å². The van der Waals surface area contributed by atoms with Gasteiger partial charge >= 0.3 is 0 Å². The number of nitrogens with zero attached hydrogens (tertiary/aromatic N) is 3. The van der Waals surface area contributed by atoms with Gasteiger partial charge in [-0.2, -0.15) is 5.26 Å². The molecule has 2 rings (SSSR count). The van der Waals surface area contributed by atoms with Gasteiger partial charge in [-0.1, -0.05) is 11.8 Å². The van der Waals surface area contributed by atoms with E-state index >= 15 is 0 Å². The van der Waals surface area contributed by atoms with Gasteiger partial charge in [-0.15, -0.1) is 0 Å². The van der Waals surface area contributed by atoms with Gasteiger partial charge in [0.05, 0.1) is 18.9 Å². The van der Waals surface area contributed by atoms with Gasteiger partial charge < -0.3 is 14.4 Å². The number of thioether (sulfide) groups is 1. The Kier molecular flexibility index (Phi) is 6.90. The van der Waals surface area contributed by atoms with E-state index in [1.54, 1.807) is 17.0 Å². The van der Waals surface area contributed by atoms with Gasteiger partial charge in [-0.3, -0.25) is 10.1 Å². The van der Waals surface area contributed by atoms with Crippen molar-refractivity contribution in [2.24, 2.45) is 4.99 Å². The summed E-state index contributed by atoms with van der Waals surface area (Å²) in [7, 11) is 0. The number of amidine groups is 1. The number of carbonyl (C=O) groups is 1. The van der Waals surface area contributed by atoms with E-state index in [4.69, 9.17) is 14.7 Å². The number of aliphatic imine (C=N–C) groups is 1. The van der Waals surface area contributed by atoms with Gasteiger partial charge in [0.25, 0.3) is 5.91 Å². The first-order valence-corrected chi connectivity index (χ1v) is 8.73. The van der Waals surface area contributed by atoms with Crippen LogP contribution in [0.1, 0.15) is 5.56 Å². The van der Waals surface area contributed by atoms with Crippen molar-refractivity contribution in [2.75, 3.05) is 39.2 Å². The average molecular weight is 348 g/mol. The molecule has 0 atom stereocenters. The number of amides is 1. The van der Waals surface area contributed by atoms with Crippen LogP contribution >= 0.6 is 11.8 Å². The lowest BCUT2D eigenvalue weighted by molar-refractivity contribution is -0.137. The Morgan fingerprint density at radius 2 is 2.25 bits per heavy atom. The Hall–Kier alpha value is -2.24. The Balaban J connectivity index is 1.96. The largest absolute Gasteiger partial charge is 0.484 e. The van der Waals surface area contributed by atoms with E-state index in [0.717, 1.165) is 11.3 Å². The van der Waals surface area contributed by atoms with E-state index in [1.165, 1.54) is 11.8 Å². The summed E-state index contributed by atoms with van der Waals surface area (Å²) in [6.07, 6.45) is 3.70. The first-order chi connectivity index (χ1) is 11.6. The van der Waals surface area contributed by atoms with E-state index in [-0.39, 0.29) is 12.5 Å². The minimum atomic E-state index is -0.0408. The molecule has 0 spiro atoms. The summed E-state index contributed by atoms with van der Waals surface area (Å²) in [6, 6.07) is 5.40. The highest BCUT2D eigenvalue weighted by atomic mass is 32.2. The minimum absolute atomic E-state index is 0.00804. The molecule has 1 fully saturated rings. The van der Waals surface area contributed by atoms with Crippen LogP contribution in [0.4, 0.5) is 5.69 Å². The first-order valence-electron chi connectivity index (χ1n) is 7.51. The fourth-order valence-corrected chi connectivity index (χ4v) is 2.51. The maximum atomic E-state index is 12.1. The third kappa shape index (κ3) is 5.15. The van der Waals surface area contributed by atoms with Crippen LogP contribution in [0.25, 0.3) is 0 Å². The number of ether oxygens (including phenoxy) is 2. The maximum Gasteiger partial charge on any atom is 0.260 e. The Morgan fingerprint density at radius 3 is 2.88 bits per heavy atom. The number of benzene rings is 1. The molecule has 8 heteroatoms. The molecule has 1 heterocycles. The van der Waals surface area contributed by atoms with Gasteiger partial charge in [0.1, 0.15) is 5.75 Å². The van der Waals surface area contributed by atoms with Crippen LogP contribution in [0.5, 0.6) is 5.75 Å². The summed E-state index contributed by atoms with van der Waals surface area (Å²) < 4.78 is 10.8. The molecule has 1 aromatic carbocycles. The number of rotatable bonds is 4. The number of morpholine rings is 1. The lowest BCUT2D eigenvalue weighted by Gasteiger charge is -2.26. The van der Waals surface area contributed by atoms with Gasteiger partial charge in [0.15, 0.2) is 18.0 Å². The summed E-state index contributed by atoms with van der Waals surface area (Å²) in [5.41, 5.74) is 1.64. The van der Waals surface area contributed by atoms with Crippen LogP contribution < -0.4 is 10.1 Å². The number of carbonyl (C=O) groups excluding carboxylic acids is 1. The highest BCUT2D eigenvalue weighted by molar-refractivity contribution is 8.13. The van der Waals surface area contributed by atoms with Crippen molar-refractivity contribution in [2.45, 2.75) is 6.92 Å². The molecule has 0 aliphatic carbocycles. The van der Waals surface area contributed by atoms with Crippen molar-refractivity contribution in [1.29, 1.82) is 5.26 Å². The molecule has 24 heavy (non-hydrogen) atoms. The highest BCUT2D eigenvalue weighted by Crippen LogP contribution is 2.24. The van der Waals surface area contributed by atoms with E-state index < -0.39 is 0 Å². The van der Waals surface area contributed by atoms with Crippen LogP contribution in [-0.2, 0) is 9.53 Å². The monoisotopic (exact) mass is 348 g/mol. The van der Waals surface area contributed by atoms with E-state index in [9.17, 15) is 4.79 Å². The standard InChI is InChI=1S/C16H20N4O3S/c1-12-9-13(3-4-14(12)19-16(24-2)18-11-17)23-10-15(21)20-5-7-22-8-6-20/h3-4,9H,5-8,10H2,1-2H3,(H,18,19). The number of hydrogen-bond donors (Lipinski definition) is 1. The molecule has 128 valence electrons. The predicted molar refractivity (Wildman–Crippen MR) is 93.4 cm³/mol. The molecule has 7 nitrogen and oxygen atoms in total. The van der Waals surface area contributed by atoms with E-state index in [2.05, 4.69) is 10.3 Å². The molecule has 0 unspecified atom stereocenters. The molecule has 1 aliphatic heterocycles. The predicted octanol–water partition coefficient (Wildman–Crippen LogP) is 1.65. The lowest BCUT2D eigenvalue weighted by Crippen LogP contribution is -2.42. The van der Waals surface area contributed by atoms with Crippen LogP contribution in [0.2, 0.25) is 0 Å². The quantitative estimate of drug-likeness (QED) is 0.385. The molecule has 1 aromatic rings. The molecule has 0 bridgehead atoms. The second-order valence-corrected chi connectivity index (χ2v) is 5.88. The molecule has 1 saturated heterocycles. The van der Waals surface area contributed by atoms with Gasteiger partial charge in [-0.05, 0) is 36.9 Å². The van der Waals surface area contributed by atoms with Crippen molar-refractivity contribution in [3.05, 3.63) is 23.8 Å². The van der Waals surface area contributed by atoms with Gasteiger partial charge in [0, 0.05) is 13.1 Å². The maximum absolute atomic E-state index is 12.1. The lowest BCUT2D eigenvalue weighted by atomic mass is 10.2. The molecular weight excluding hydrogens is 328 g/mol. The van der Waals surface area contributed by atoms with E-state index in [1.807, 2.05) is 25.4 Å². The van der Waals surface area contributed by atoms with E-state index in [0.29, 0.717) is 37.2 Å². The Bertz CT molecular complexity index is 651. The van der Waals surface area contributed by atoms with Crippen LogP contribution in [0, 0.1) is 18.4 Å². The molecular formula is C16H20N4O3S. The zero-order valence-electron chi connectivity index (χ0n) is 13.7. The highest BCUT2D eigenvalue weighted by Gasteiger charge is 2.17. The summed E-state index contributed by atoms with van der Waals surface area (Å²) in [5, 5.41) is 11.7. The molecule has 1 N–H and O–H groups in total. The Labute approximate surface area is 145 Å². The summed E-state index contributed by atoms with van der Waals surface area (Å²) >= 11 is 1.36. The Morgan fingerprint density at radius 1 is 1.50 bits per heavy atom. The zero-order chi connectivity index (χ0) is 17.4. The summed E-state index contributed by atoms with van der Waals surface area (Å²) in [6.45, 7) is 4.28. The third-order valence-electron chi connectivity index (χ3n) is 3.47. The van der Waals surface area contributed by atoms with Crippen molar-refractivity contribution in [1.82, 2.24) is 10.2 Å². The van der Waals surface area contributed by atoms with Crippen LogP contribution in [-0.4, -0.2) is 55.1 Å². The van der Waals surface area contributed by atoms with Crippen molar-refractivity contribution < 1.29 is 14.3 Å². The van der Waals surface area contributed by atoms with Crippen LogP contribution in [0.15, 0.2) is 23.2 Å². The van der Waals surface area contributed by atoms with Gasteiger partial charge in [-0.25, -0.2) is 4.99 Å².